The number of carbonyl (C=O) groups is 1. The Labute approximate surface area is 170 Å². The molecule has 2 aromatic rings. The van der Waals surface area contributed by atoms with Gasteiger partial charge in [0.2, 0.25) is 0 Å². The lowest BCUT2D eigenvalue weighted by molar-refractivity contribution is 0.0383. The standard InChI is InChI=1S/C20H27N7O2/c28-20(22-5-6-25-11-13-29-14-12-25)17-15-19(24-16-23-17)27-9-7-26(8-10-27)18-3-1-2-4-21-18/h1-4,15-16H,5-14H2,(H,22,28). The van der Waals surface area contributed by atoms with Crippen LogP contribution in [0.15, 0.2) is 36.8 Å². The van der Waals surface area contributed by atoms with Gasteiger partial charge in [-0.05, 0) is 12.1 Å². The van der Waals surface area contributed by atoms with Crippen molar-refractivity contribution in [3.8, 4) is 0 Å². The molecule has 2 saturated heterocycles. The van der Waals surface area contributed by atoms with Gasteiger partial charge in [0.05, 0.1) is 13.2 Å². The molecule has 0 spiro atoms. The quantitative estimate of drug-likeness (QED) is 0.743. The first-order valence-corrected chi connectivity index (χ1v) is 10.1. The average Bonchev–Trinajstić information content (AvgIpc) is 2.80. The predicted molar refractivity (Wildman–Crippen MR) is 110 cm³/mol. The van der Waals surface area contributed by atoms with Gasteiger partial charge >= 0.3 is 0 Å². The van der Waals surface area contributed by atoms with Crippen LogP contribution >= 0.6 is 0 Å². The summed E-state index contributed by atoms with van der Waals surface area (Å²) < 4.78 is 5.34. The van der Waals surface area contributed by atoms with Crippen LogP contribution in [0, 0.1) is 0 Å². The number of morpholine rings is 1. The second-order valence-corrected chi connectivity index (χ2v) is 7.13. The fraction of sp³-hybridized carbons (Fsp3) is 0.500. The van der Waals surface area contributed by atoms with Gasteiger partial charge in [0.25, 0.3) is 5.91 Å². The van der Waals surface area contributed by atoms with Gasteiger partial charge in [-0.25, -0.2) is 15.0 Å². The Morgan fingerprint density at radius 2 is 1.72 bits per heavy atom. The van der Waals surface area contributed by atoms with E-state index in [1.165, 1.54) is 6.33 Å². The zero-order valence-corrected chi connectivity index (χ0v) is 16.5. The summed E-state index contributed by atoms with van der Waals surface area (Å²) in [5, 5.41) is 2.96. The Kier molecular flexibility index (Phi) is 6.48. The summed E-state index contributed by atoms with van der Waals surface area (Å²) in [6.07, 6.45) is 3.29. The molecule has 1 N–H and O–H groups in total. The fourth-order valence-electron chi connectivity index (χ4n) is 3.59. The van der Waals surface area contributed by atoms with E-state index in [9.17, 15) is 4.79 Å². The number of hydrogen-bond acceptors (Lipinski definition) is 8. The monoisotopic (exact) mass is 397 g/mol. The third kappa shape index (κ3) is 5.18. The summed E-state index contributed by atoms with van der Waals surface area (Å²) in [5.41, 5.74) is 0.407. The van der Waals surface area contributed by atoms with Crippen LogP contribution in [0.2, 0.25) is 0 Å². The molecule has 0 atom stereocenters. The van der Waals surface area contributed by atoms with E-state index < -0.39 is 0 Å². The maximum atomic E-state index is 12.5. The van der Waals surface area contributed by atoms with Gasteiger partial charge in [-0.3, -0.25) is 9.69 Å². The molecule has 0 saturated carbocycles. The van der Waals surface area contributed by atoms with Gasteiger partial charge in [-0.2, -0.15) is 0 Å². The number of anilines is 2. The summed E-state index contributed by atoms with van der Waals surface area (Å²) >= 11 is 0. The minimum Gasteiger partial charge on any atom is -0.379 e. The van der Waals surface area contributed by atoms with Gasteiger partial charge in [0, 0.05) is 64.6 Å². The fourth-order valence-corrected chi connectivity index (χ4v) is 3.59. The summed E-state index contributed by atoms with van der Waals surface area (Å²) in [5.74, 6) is 1.63. The van der Waals surface area contributed by atoms with E-state index in [4.69, 9.17) is 4.74 Å². The van der Waals surface area contributed by atoms with E-state index in [0.717, 1.165) is 70.7 Å². The largest absolute Gasteiger partial charge is 0.379 e. The molecule has 1 amide bonds. The van der Waals surface area contributed by atoms with Gasteiger partial charge < -0.3 is 19.9 Å². The van der Waals surface area contributed by atoms with Crippen LogP contribution in [-0.2, 0) is 4.74 Å². The molecule has 4 heterocycles. The molecule has 0 aliphatic carbocycles. The van der Waals surface area contributed by atoms with Crippen molar-refractivity contribution < 1.29 is 9.53 Å². The predicted octanol–water partition coefficient (Wildman–Crippen LogP) is 0.260. The maximum Gasteiger partial charge on any atom is 0.270 e. The highest BCUT2D eigenvalue weighted by atomic mass is 16.5. The number of ether oxygens (including phenoxy) is 1. The molecule has 154 valence electrons. The molecule has 2 aliphatic rings. The van der Waals surface area contributed by atoms with Crippen molar-refractivity contribution in [3.63, 3.8) is 0 Å². The van der Waals surface area contributed by atoms with Crippen molar-refractivity contribution in [1.29, 1.82) is 0 Å². The number of nitrogens with zero attached hydrogens (tertiary/aromatic N) is 6. The molecular weight excluding hydrogens is 370 g/mol. The maximum absolute atomic E-state index is 12.5. The number of nitrogens with one attached hydrogen (secondary N) is 1. The lowest BCUT2D eigenvalue weighted by Crippen LogP contribution is -2.47. The minimum atomic E-state index is -0.158. The van der Waals surface area contributed by atoms with Gasteiger partial charge in [0.1, 0.15) is 23.7 Å². The molecular formula is C20H27N7O2. The molecule has 9 heteroatoms. The number of piperazine rings is 1. The van der Waals surface area contributed by atoms with Crippen molar-refractivity contribution in [2.24, 2.45) is 0 Å². The van der Waals surface area contributed by atoms with E-state index in [1.807, 2.05) is 24.4 Å². The van der Waals surface area contributed by atoms with E-state index in [2.05, 4.69) is 35.0 Å². The number of aromatic nitrogens is 3. The van der Waals surface area contributed by atoms with Crippen molar-refractivity contribution in [3.05, 3.63) is 42.5 Å². The van der Waals surface area contributed by atoms with Crippen molar-refractivity contribution in [1.82, 2.24) is 25.2 Å². The van der Waals surface area contributed by atoms with Gasteiger partial charge in [-0.1, -0.05) is 6.07 Å². The van der Waals surface area contributed by atoms with Crippen LogP contribution in [0.3, 0.4) is 0 Å². The van der Waals surface area contributed by atoms with Crippen molar-refractivity contribution >= 4 is 17.5 Å². The van der Waals surface area contributed by atoms with Crippen molar-refractivity contribution in [2.45, 2.75) is 0 Å². The molecule has 0 radical (unpaired) electrons. The summed E-state index contributed by atoms with van der Waals surface area (Å²) in [6.45, 7) is 8.15. The molecule has 2 aromatic heterocycles. The molecule has 2 fully saturated rings. The normalized spacial score (nSPS) is 17.9. The third-order valence-corrected chi connectivity index (χ3v) is 5.28. The lowest BCUT2D eigenvalue weighted by Gasteiger charge is -2.36. The number of rotatable bonds is 6. The molecule has 4 rings (SSSR count). The molecule has 0 bridgehead atoms. The zero-order valence-electron chi connectivity index (χ0n) is 16.5. The van der Waals surface area contributed by atoms with Crippen LogP contribution in [-0.4, -0.2) is 91.3 Å². The number of hydrogen-bond donors (Lipinski definition) is 1. The molecule has 29 heavy (non-hydrogen) atoms. The molecule has 0 aromatic carbocycles. The molecule has 0 unspecified atom stereocenters. The van der Waals surface area contributed by atoms with Crippen LogP contribution in [0.4, 0.5) is 11.6 Å². The first-order chi connectivity index (χ1) is 14.3. The molecule has 9 nitrogen and oxygen atoms in total. The highest BCUT2D eigenvalue weighted by molar-refractivity contribution is 5.92. The second kappa shape index (κ2) is 9.62. The minimum absolute atomic E-state index is 0.158. The Morgan fingerprint density at radius 3 is 2.45 bits per heavy atom. The van der Waals surface area contributed by atoms with E-state index in [0.29, 0.717) is 12.2 Å². The Morgan fingerprint density at radius 1 is 0.966 bits per heavy atom. The molecule has 2 aliphatic heterocycles. The van der Waals surface area contributed by atoms with Gasteiger partial charge in [0.15, 0.2) is 0 Å². The van der Waals surface area contributed by atoms with Crippen LogP contribution in [0.1, 0.15) is 10.5 Å². The number of pyridine rings is 1. The Bertz CT molecular complexity index is 790. The third-order valence-electron chi connectivity index (χ3n) is 5.28. The second-order valence-electron chi connectivity index (χ2n) is 7.13. The van der Waals surface area contributed by atoms with E-state index in [-0.39, 0.29) is 5.91 Å². The SMILES string of the molecule is O=C(NCCN1CCOCC1)c1cc(N2CCN(c3ccccn3)CC2)ncn1. The van der Waals surface area contributed by atoms with E-state index in [1.54, 1.807) is 6.07 Å². The average molecular weight is 397 g/mol. The summed E-state index contributed by atoms with van der Waals surface area (Å²) in [4.78, 5) is 32.2. The summed E-state index contributed by atoms with van der Waals surface area (Å²) in [6, 6.07) is 7.73. The summed E-state index contributed by atoms with van der Waals surface area (Å²) in [7, 11) is 0. The number of carbonyl (C=O) groups excluding carboxylic acids is 1. The van der Waals surface area contributed by atoms with E-state index >= 15 is 0 Å². The first-order valence-electron chi connectivity index (χ1n) is 10.1. The number of amides is 1. The Hall–Kier alpha value is -2.78. The smallest absolute Gasteiger partial charge is 0.270 e. The highest BCUT2D eigenvalue weighted by Crippen LogP contribution is 2.17. The first kappa shape index (κ1) is 19.5. The van der Waals surface area contributed by atoms with Crippen LogP contribution < -0.4 is 15.1 Å². The van der Waals surface area contributed by atoms with Crippen LogP contribution in [0.5, 0.6) is 0 Å². The van der Waals surface area contributed by atoms with Gasteiger partial charge in [-0.15, -0.1) is 0 Å². The highest BCUT2D eigenvalue weighted by Gasteiger charge is 2.20. The topological polar surface area (TPSA) is 86.7 Å². The van der Waals surface area contributed by atoms with Crippen LogP contribution in [0.25, 0.3) is 0 Å². The Balaban J connectivity index is 1.28. The van der Waals surface area contributed by atoms with Crippen molar-refractivity contribution in [2.75, 3.05) is 75.4 Å². The zero-order chi connectivity index (χ0) is 19.9. The lowest BCUT2D eigenvalue weighted by atomic mass is 10.2.